The number of benzene rings is 2. The monoisotopic (exact) mass is 360 g/mol. The summed E-state index contributed by atoms with van der Waals surface area (Å²) in [4.78, 5) is 25.2. The molecule has 7 heteroatoms. The number of esters is 1. The van der Waals surface area contributed by atoms with Crippen LogP contribution in [0.25, 0.3) is 16.9 Å². The SMILES string of the molecule is COC(=O)c1cn(Nc2ccccc2)cc2c(=O)n(-c3ccccc3)nc1-2. The molecule has 4 rings (SSSR count). The highest BCUT2D eigenvalue weighted by atomic mass is 16.5. The fraction of sp³-hybridized carbons (Fsp3) is 0.0500. The quantitative estimate of drug-likeness (QED) is 0.566. The summed E-state index contributed by atoms with van der Waals surface area (Å²) in [5, 5.41) is 4.36. The molecule has 0 fully saturated rings. The lowest BCUT2D eigenvalue weighted by Crippen LogP contribution is -2.17. The van der Waals surface area contributed by atoms with Crippen molar-refractivity contribution in [2.75, 3.05) is 12.5 Å². The van der Waals surface area contributed by atoms with Gasteiger partial charge in [-0.15, -0.1) is 0 Å². The third-order valence-electron chi connectivity index (χ3n) is 4.11. The van der Waals surface area contributed by atoms with E-state index in [0.29, 0.717) is 16.9 Å². The number of hydrogen-bond donors (Lipinski definition) is 1. The highest BCUT2D eigenvalue weighted by Crippen LogP contribution is 2.23. The zero-order valence-corrected chi connectivity index (χ0v) is 14.5. The minimum absolute atomic E-state index is 0.199. The Morgan fingerprint density at radius 2 is 1.67 bits per heavy atom. The molecule has 0 saturated carbocycles. The Labute approximate surface area is 154 Å². The van der Waals surface area contributed by atoms with Gasteiger partial charge >= 0.3 is 5.97 Å². The van der Waals surface area contributed by atoms with Gasteiger partial charge in [0.15, 0.2) is 0 Å². The molecule has 7 nitrogen and oxygen atoms in total. The molecule has 1 N–H and O–H groups in total. The van der Waals surface area contributed by atoms with Crippen LogP contribution in [0.1, 0.15) is 10.4 Å². The highest BCUT2D eigenvalue weighted by molar-refractivity contribution is 5.96. The van der Waals surface area contributed by atoms with E-state index in [1.165, 1.54) is 11.8 Å². The summed E-state index contributed by atoms with van der Waals surface area (Å²) >= 11 is 0. The van der Waals surface area contributed by atoms with Crippen LogP contribution >= 0.6 is 0 Å². The first-order valence-electron chi connectivity index (χ1n) is 8.28. The predicted octanol–water partition coefficient (Wildman–Crippen LogP) is 2.80. The van der Waals surface area contributed by atoms with Crippen molar-refractivity contribution in [2.24, 2.45) is 0 Å². The standard InChI is InChI=1S/C20H16N4O3/c1-27-20(26)17-13-23(21-14-8-4-2-5-9-14)12-16-18(17)22-24(19(16)25)15-10-6-3-7-11-15/h2-13,21H,1H3. The molecular formula is C20H16N4O3. The van der Waals surface area contributed by atoms with Crippen molar-refractivity contribution in [1.82, 2.24) is 14.5 Å². The van der Waals surface area contributed by atoms with Gasteiger partial charge in [-0.2, -0.15) is 9.78 Å². The van der Waals surface area contributed by atoms with Gasteiger partial charge in [-0.25, -0.2) is 4.79 Å². The van der Waals surface area contributed by atoms with Crippen LogP contribution in [0.5, 0.6) is 0 Å². The molecule has 2 aliphatic rings. The van der Waals surface area contributed by atoms with Crippen LogP contribution in [0.15, 0.2) is 77.9 Å². The molecular weight excluding hydrogens is 344 g/mol. The summed E-state index contributed by atoms with van der Waals surface area (Å²) in [6.45, 7) is 0. The summed E-state index contributed by atoms with van der Waals surface area (Å²) in [6, 6.07) is 18.5. The Kier molecular flexibility index (Phi) is 4.18. The van der Waals surface area contributed by atoms with E-state index in [0.717, 1.165) is 5.69 Å². The van der Waals surface area contributed by atoms with E-state index in [4.69, 9.17) is 4.74 Å². The first-order valence-corrected chi connectivity index (χ1v) is 8.28. The molecule has 0 radical (unpaired) electrons. The van der Waals surface area contributed by atoms with E-state index in [1.54, 1.807) is 29.2 Å². The number of carbonyl (C=O) groups excluding carboxylic acids is 1. The maximum Gasteiger partial charge on any atom is 0.341 e. The number of nitrogens with one attached hydrogen (secondary N) is 1. The molecule has 0 aromatic heterocycles. The Balaban J connectivity index is 1.90. The maximum absolute atomic E-state index is 12.9. The van der Waals surface area contributed by atoms with Gasteiger partial charge in [0.05, 0.1) is 24.0 Å². The van der Waals surface area contributed by atoms with Crippen LogP contribution in [-0.2, 0) is 4.74 Å². The second kappa shape index (κ2) is 6.80. The lowest BCUT2D eigenvalue weighted by molar-refractivity contribution is 0.0600. The van der Waals surface area contributed by atoms with Crippen molar-refractivity contribution in [3.8, 4) is 16.9 Å². The fourth-order valence-corrected chi connectivity index (χ4v) is 2.84. The van der Waals surface area contributed by atoms with E-state index in [1.807, 2.05) is 48.5 Å². The van der Waals surface area contributed by atoms with E-state index in [9.17, 15) is 9.59 Å². The molecule has 0 saturated heterocycles. The second-order valence-corrected chi connectivity index (χ2v) is 5.86. The Bertz CT molecular complexity index is 1120. The summed E-state index contributed by atoms with van der Waals surface area (Å²) in [5.41, 5.74) is 5.04. The van der Waals surface area contributed by atoms with Crippen molar-refractivity contribution in [1.29, 1.82) is 0 Å². The number of hydrogen-bond acceptors (Lipinski definition) is 5. The first-order chi connectivity index (χ1) is 13.2. The largest absolute Gasteiger partial charge is 0.465 e. The van der Waals surface area contributed by atoms with Crippen molar-refractivity contribution < 1.29 is 9.53 Å². The normalized spacial score (nSPS) is 10.7. The number of methoxy groups -OCH3 is 1. The Hall–Kier alpha value is -3.87. The minimum Gasteiger partial charge on any atom is -0.465 e. The van der Waals surface area contributed by atoms with Crippen LogP contribution in [0, 0.1) is 0 Å². The van der Waals surface area contributed by atoms with Crippen LogP contribution < -0.4 is 11.0 Å². The zero-order valence-electron chi connectivity index (χ0n) is 14.5. The van der Waals surface area contributed by atoms with E-state index < -0.39 is 5.97 Å². The molecule has 2 heterocycles. The number of ether oxygens (including phenoxy) is 1. The van der Waals surface area contributed by atoms with Crippen molar-refractivity contribution in [3.05, 3.63) is 89.0 Å². The van der Waals surface area contributed by atoms with E-state index in [-0.39, 0.29) is 11.1 Å². The van der Waals surface area contributed by atoms with E-state index in [2.05, 4.69) is 10.5 Å². The van der Waals surface area contributed by atoms with Gasteiger partial charge in [0.25, 0.3) is 5.56 Å². The highest BCUT2D eigenvalue weighted by Gasteiger charge is 2.25. The van der Waals surface area contributed by atoms with Crippen molar-refractivity contribution >= 4 is 11.7 Å². The number of aromatic nitrogens is 3. The smallest absolute Gasteiger partial charge is 0.341 e. The van der Waals surface area contributed by atoms with Gasteiger partial charge in [-0.1, -0.05) is 36.4 Å². The van der Waals surface area contributed by atoms with Crippen molar-refractivity contribution in [3.63, 3.8) is 0 Å². The van der Waals surface area contributed by atoms with Crippen LogP contribution in [0.4, 0.5) is 5.69 Å². The minimum atomic E-state index is -0.568. The molecule has 2 aromatic carbocycles. The number of nitrogens with zero attached hydrogens (tertiary/aromatic N) is 3. The molecule has 0 aliphatic carbocycles. The first kappa shape index (κ1) is 16.6. The van der Waals surface area contributed by atoms with Crippen LogP contribution in [-0.4, -0.2) is 27.5 Å². The third kappa shape index (κ3) is 3.06. The third-order valence-corrected chi connectivity index (χ3v) is 4.11. The number of pyridine rings is 1. The molecule has 0 unspecified atom stereocenters. The van der Waals surface area contributed by atoms with Crippen LogP contribution in [0.3, 0.4) is 0 Å². The Morgan fingerprint density at radius 1 is 1.00 bits per heavy atom. The topological polar surface area (TPSA) is 78.1 Å². The lowest BCUT2D eigenvalue weighted by atomic mass is 10.1. The average molecular weight is 360 g/mol. The average Bonchev–Trinajstić information content (AvgIpc) is 3.05. The molecule has 134 valence electrons. The molecule has 0 atom stereocenters. The molecule has 27 heavy (non-hydrogen) atoms. The van der Waals surface area contributed by atoms with Gasteiger partial charge < -0.3 is 4.74 Å². The number of anilines is 1. The molecule has 2 aromatic rings. The summed E-state index contributed by atoms with van der Waals surface area (Å²) < 4.78 is 7.71. The Morgan fingerprint density at radius 3 is 2.33 bits per heavy atom. The summed E-state index contributed by atoms with van der Waals surface area (Å²) in [6.07, 6.45) is 3.17. The molecule has 0 bridgehead atoms. The summed E-state index contributed by atoms with van der Waals surface area (Å²) in [5.74, 6) is -0.568. The maximum atomic E-state index is 12.9. The lowest BCUT2D eigenvalue weighted by Gasteiger charge is -2.13. The fourth-order valence-electron chi connectivity index (χ4n) is 2.84. The van der Waals surface area contributed by atoms with Crippen molar-refractivity contribution in [2.45, 2.75) is 0 Å². The molecule has 2 aliphatic heterocycles. The summed E-state index contributed by atoms with van der Waals surface area (Å²) in [7, 11) is 1.29. The number of para-hydroxylation sites is 2. The van der Waals surface area contributed by atoms with Gasteiger partial charge in [-0.05, 0) is 24.3 Å². The van der Waals surface area contributed by atoms with Gasteiger partial charge in [0.2, 0.25) is 0 Å². The molecule has 0 amide bonds. The zero-order chi connectivity index (χ0) is 18.8. The second-order valence-electron chi connectivity index (χ2n) is 5.86. The molecule has 0 spiro atoms. The van der Waals surface area contributed by atoms with Gasteiger partial charge in [0.1, 0.15) is 11.3 Å². The van der Waals surface area contributed by atoms with E-state index >= 15 is 0 Å². The van der Waals surface area contributed by atoms with Crippen LogP contribution in [0.2, 0.25) is 0 Å². The number of carbonyl (C=O) groups is 1. The van der Waals surface area contributed by atoms with Gasteiger partial charge in [0, 0.05) is 12.4 Å². The predicted molar refractivity (Wildman–Crippen MR) is 101 cm³/mol. The number of fused-ring (bicyclic) bond motifs is 1. The van der Waals surface area contributed by atoms with Gasteiger partial charge in [-0.3, -0.25) is 14.9 Å². The number of rotatable bonds is 4.